The molecule has 0 saturated carbocycles. The summed E-state index contributed by atoms with van der Waals surface area (Å²) in [6.07, 6.45) is 3.24. The van der Waals surface area contributed by atoms with Crippen LogP contribution in [0.1, 0.15) is 48.2 Å². The number of rotatable bonds is 16. The highest BCUT2D eigenvalue weighted by molar-refractivity contribution is 5.86. The van der Waals surface area contributed by atoms with Crippen LogP contribution in [0.25, 0.3) is 0 Å². The number of nitrogens with one attached hydrogen (secondary N) is 3. The number of amides is 3. The first kappa shape index (κ1) is 36.5. The van der Waals surface area contributed by atoms with Crippen LogP contribution in [0.5, 0.6) is 0 Å². The normalized spacial score (nSPS) is 13.4. The Morgan fingerprint density at radius 2 is 1.31 bits per heavy atom. The van der Waals surface area contributed by atoms with Crippen LogP contribution < -0.4 is 16.0 Å². The van der Waals surface area contributed by atoms with Crippen molar-refractivity contribution in [1.29, 1.82) is 0 Å². The van der Waals surface area contributed by atoms with E-state index in [1.807, 2.05) is 93.6 Å². The lowest BCUT2D eigenvalue weighted by Gasteiger charge is -2.30. The summed E-state index contributed by atoms with van der Waals surface area (Å²) in [5.41, 5.74) is 4.16. The van der Waals surface area contributed by atoms with E-state index in [1.54, 1.807) is 30.7 Å². The summed E-state index contributed by atoms with van der Waals surface area (Å²) in [6.45, 7) is 5.55. The number of carbonyl (C=O) groups is 3. The zero-order chi connectivity index (χ0) is 35.0. The van der Waals surface area contributed by atoms with Gasteiger partial charge in [0.25, 0.3) is 0 Å². The molecule has 49 heavy (non-hydrogen) atoms. The highest BCUT2D eigenvalue weighted by atomic mass is 16.6. The molecule has 3 amide bonds. The van der Waals surface area contributed by atoms with Gasteiger partial charge in [-0.2, -0.15) is 0 Å². The zero-order valence-corrected chi connectivity index (χ0v) is 28.1. The summed E-state index contributed by atoms with van der Waals surface area (Å²) in [5, 5.41) is 20.2. The van der Waals surface area contributed by atoms with Crippen LogP contribution in [0.3, 0.4) is 0 Å². The molecule has 0 spiro atoms. The average molecular weight is 668 g/mol. The smallest absolute Gasteiger partial charge is 0.408 e. The lowest BCUT2D eigenvalue weighted by atomic mass is 9.93. The van der Waals surface area contributed by atoms with Crippen LogP contribution in [0, 0.1) is 12.8 Å². The standard InChI is InChI=1S/C38H45N5O6/c1-26(2)35(43-38(47)49-25-31-17-16-27(3)40-23-31)36(45)41-32(19-28-11-6-4-7-12-28)21-34(44)33(20-29-13-8-5-9-14-29)42-37(46)48-24-30-15-10-18-39-22-30/h4-18,22-23,26,32-35,44H,19-21,24-25H2,1-3H3,(H,41,45)(H,42,46)(H,43,47)/t32-,33-,34-,35-/m0/s1. The molecule has 2 aromatic heterocycles. The third-order valence-corrected chi connectivity index (χ3v) is 7.92. The molecule has 4 N–H and O–H groups in total. The molecule has 4 atom stereocenters. The van der Waals surface area contributed by atoms with Gasteiger partial charge in [-0.25, -0.2) is 9.59 Å². The van der Waals surface area contributed by atoms with Gasteiger partial charge in [0.05, 0.1) is 12.1 Å². The van der Waals surface area contributed by atoms with Crippen molar-refractivity contribution in [3.8, 4) is 0 Å². The number of hydrogen-bond donors (Lipinski definition) is 4. The molecule has 0 aliphatic heterocycles. The van der Waals surface area contributed by atoms with Crippen LogP contribution in [0.2, 0.25) is 0 Å². The van der Waals surface area contributed by atoms with Crippen molar-refractivity contribution >= 4 is 18.1 Å². The quantitative estimate of drug-likeness (QED) is 0.130. The number of aromatic nitrogens is 2. The first-order valence-corrected chi connectivity index (χ1v) is 16.4. The number of nitrogens with zero attached hydrogens (tertiary/aromatic N) is 2. The molecule has 0 saturated heterocycles. The number of aliphatic hydroxyl groups excluding tert-OH is 1. The van der Waals surface area contributed by atoms with Crippen molar-refractivity contribution in [2.45, 2.75) is 77.5 Å². The minimum absolute atomic E-state index is 0.00878. The van der Waals surface area contributed by atoms with Gasteiger partial charge in [-0.15, -0.1) is 0 Å². The Kier molecular flexibility index (Phi) is 14.1. The Labute approximate surface area is 287 Å². The molecule has 0 radical (unpaired) electrons. The molecule has 0 aliphatic rings. The average Bonchev–Trinajstić information content (AvgIpc) is 3.10. The second-order valence-corrected chi connectivity index (χ2v) is 12.3. The van der Waals surface area contributed by atoms with Crippen LogP contribution >= 0.6 is 0 Å². The summed E-state index contributed by atoms with van der Waals surface area (Å²) in [4.78, 5) is 47.6. The summed E-state index contributed by atoms with van der Waals surface area (Å²) in [6, 6.07) is 24.1. The van der Waals surface area contributed by atoms with Crippen LogP contribution in [-0.2, 0) is 40.3 Å². The summed E-state index contributed by atoms with van der Waals surface area (Å²) < 4.78 is 10.8. The Hall–Kier alpha value is -5.29. The van der Waals surface area contributed by atoms with Gasteiger partial charge in [0.15, 0.2) is 0 Å². The lowest BCUT2D eigenvalue weighted by Crippen LogP contribution is -2.54. The first-order chi connectivity index (χ1) is 23.7. The molecule has 11 heteroatoms. The van der Waals surface area contributed by atoms with Crippen molar-refractivity contribution in [1.82, 2.24) is 25.9 Å². The number of carbonyl (C=O) groups excluding carboxylic acids is 3. The third-order valence-electron chi connectivity index (χ3n) is 7.92. The number of benzene rings is 2. The fraction of sp³-hybridized carbons (Fsp3) is 0.342. The molecule has 0 fully saturated rings. The minimum atomic E-state index is -1.07. The van der Waals surface area contributed by atoms with E-state index in [2.05, 4.69) is 25.9 Å². The van der Waals surface area contributed by atoms with E-state index in [0.717, 1.165) is 27.9 Å². The van der Waals surface area contributed by atoms with Gasteiger partial charge >= 0.3 is 12.2 Å². The van der Waals surface area contributed by atoms with Gasteiger partial charge in [0.2, 0.25) is 5.91 Å². The second kappa shape index (κ2) is 18.9. The van der Waals surface area contributed by atoms with Gasteiger partial charge in [0.1, 0.15) is 19.3 Å². The van der Waals surface area contributed by atoms with E-state index < -0.39 is 42.3 Å². The largest absolute Gasteiger partial charge is 0.445 e. The molecular formula is C38H45N5O6. The predicted molar refractivity (Wildman–Crippen MR) is 185 cm³/mol. The molecule has 0 bridgehead atoms. The second-order valence-electron chi connectivity index (χ2n) is 12.3. The number of aliphatic hydroxyl groups is 1. The van der Waals surface area contributed by atoms with Crippen LogP contribution in [-0.4, -0.2) is 57.4 Å². The molecule has 0 unspecified atom stereocenters. The number of aryl methyl sites for hydroxylation is 1. The minimum Gasteiger partial charge on any atom is -0.445 e. The number of alkyl carbamates (subject to hydrolysis) is 2. The lowest BCUT2D eigenvalue weighted by molar-refractivity contribution is -0.125. The molecule has 4 aromatic rings. The molecule has 11 nitrogen and oxygen atoms in total. The molecule has 0 aliphatic carbocycles. The topological polar surface area (TPSA) is 152 Å². The van der Waals surface area contributed by atoms with E-state index in [0.29, 0.717) is 12.8 Å². The maximum Gasteiger partial charge on any atom is 0.408 e. The van der Waals surface area contributed by atoms with Gasteiger partial charge in [-0.05, 0) is 55.4 Å². The van der Waals surface area contributed by atoms with E-state index in [4.69, 9.17) is 9.47 Å². The maximum absolute atomic E-state index is 13.7. The fourth-order valence-electron chi connectivity index (χ4n) is 5.25. The van der Waals surface area contributed by atoms with Gasteiger partial charge in [-0.3, -0.25) is 14.8 Å². The molecule has 2 heterocycles. The highest BCUT2D eigenvalue weighted by Gasteiger charge is 2.30. The Balaban J connectivity index is 1.45. The molecular weight excluding hydrogens is 622 g/mol. The number of hydrogen-bond acceptors (Lipinski definition) is 8. The van der Waals surface area contributed by atoms with Crippen LogP contribution in [0.15, 0.2) is 104 Å². The van der Waals surface area contributed by atoms with E-state index in [1.165, 1.54) is 0 Å². The van der Waals surface area contributed by atoms with Crippen molar-refractivity contribution < 1.29 is 29.0 Å². The van der Waals surface area contributed by atoms with Crippen molar-refractivity contribution in [3.05, 3.63) is 131 Å². The van der Waals surface area contributed by atoms with Crippen molar-refractivity contribution in [3.63, 3.8) is 0 Å². The van der Waals surface area contributed by atoms with Crippen LogP contribution in [0.4, 0.5) is 9.59 Å². The number of pyridine rings is 2. The monoisotopic (exact) mass is 667 g/mol. The fourth-order valence-corrected chi connectivity index (χ4v) is 5.25. The van der Waals surface area contributed by atoms with Crippen molar-refractivity contribution in [2.24, 2.45) is 5.92 Å². The Morgan fingerprint density at radius 3 is 1.88 bits per heavy atom. The first-order valence-electron chi connectivity index (χ1n) is 16.4. The van der Waals surface area contributed by atoms with E-state index in [9.17, 15) is 19.5 Å². The summed E-state index contributed by atoms with van der Waals surface area (Å²) in [7, 11) is 0. The van der Waals surface area contributed by atoms with Crippen molar-refractivity contribution in [2.75, 3.05) is 0 Å². The molecule has 258 valence electrons. The molecule has 4 rings (SSSR count). The zero-order valence-electron chi connectivity index (χ0n) is 28.1. The Morgan fingerprint density at radius 1 is 0.714 bits per heavy atom. The SMILES string of the molecule is Cc1ccc(COC(=O)N[C@H](C(=O)N[C@@H](Cc2ccccc2)C[C@H](O)[C@H](Cc2ccccc2)NC(=O)OCc2cccnc2)C(C)C)cn1. The van der Waals surface area contributed by atoms with E-state index in [-0.39, 0.29) is 25.6 Å². The maximum atomic E-state index is 13.7. The summed E-state index contributed by atoms with van der Waals surface area (Å²) in [5.74, 6) is -0.682. The number of ether oxygens (including phenoxy) is 2. The predicted octanol–water partition coefficient (Wildman–Crippen LogP) is 5.05. The summed E-state index contributed by atoms with van der Waals surface area (Å²) >= 11 is 0. The van der Waals surface area contributed by atoms with E-state index >= 15 is 0 Å². The van der Waals surface area contributed by atoms with Gasteiger partial charge in [0, 0.05) is 41.5 Å². The highest BCUT2D eigenvalue weighted by Crippen LogP contribution is 2.16. The third kappa shape index (κ3) is 12.7. The Bertz CT molecular complexity index is 1590. The van der Waals surface area contributed by atoms with Gasteiger partial charge in [-0.1, -0.05) is 86.6 Å². The molecule has 2 aromatic carbocycles. The van der Waals surface area contributed by atoms with Gasteiger partial charge < -0.3 is 30.5 Å².